The Hall–Kier alpha value is -0.0800. The first-order valence-corrected chi connectivity index (χ1v) is 7.08. The van der Waals surface area contributed by atoms with E-state index in [2.05, 4.69) is 46.9 Å². The minimum absolute atomic E-state index is 0.499. The highest BCUT2D eigenvalue weighted by Crippen LogP contribution is 2.67. The highest BCUT2D eigenvalue weighted by molar-refractivity contribution is 5.12. The van der Waals surface area contributed by atoms with Crippen LogP contribution in [0.2, 0.25) is 0 Å². The fourth-order valence-electron chi connectivity index (χ4n) is 2.66. The van der Waals surface area contributed by atoms with Crippen LogP contribution in [-0.4, -0.2) is 26.3 Å². The van der Waals surface area contributed by atoms with E-state index >= 15 is 0 Å². The normalized spacial score (nSPS) is 22.1. The molecule has 0 saturated heterocycles. The fourth-order valence-corrected chi connectivity index (χ4v) is 2.66. The molecular formula is C15H31NO. The minimum atomic E-state index is 0.499. The Bertz CT molecular complexity index is 219. The smallest absolute Gasteiger partial charge is 0.0590 e. The van der Waals surface area contributed by atoms with E-state index in [4.69, 9.17) is 4.74 Å². The quantitative estimate of drug-likeness (QED) is 0.658. The summed E-state index contributed by atoms with van der Waals surface area (Å²) in [5, 5.41) is 3.52. The Morgan fingerprint density at radius 1 is 1.06 bits per heavy atom. The maximum Gasteiger partial charge on any atom is 0.0590 e. The third-order valence-corrected chi connectivity index (χ3v) is 4.93. The van der Waals surface area contributed by atoms with Crippen LogP contribution < -0.4 is 5.32 Å². The van der Waals surface area contributed by atoms with E-state index in [9.17, 15) is 0 Å². The van der Waals surface area contributed by atoms with Crippen molar-refractivity contribution in [2.24, 2.45) is 22.7 Å². The standard InChI is InChI=1S/C15H31NO/c1-12(2)7-9-17-10-8-16-11-13-14(3,4)15(13,5)6/h12-13,16H,7-11H2,1-6H3. The second-order valence-electron chi connectivity index (χ2n) is 6.99. The van der Waals surface area contributed by atoms with Gasteiger partial charge in [-0.05, 0) is 35.6 Å². The van der Waals surface area contributed by atoms with Gasteiger partial charge in [-0.25, -0.2) is 0 Å². The average molecular weight is 241 g/mol. The van der Waals surface area contributed by atoms with Crippen LogP contribution in [-0.2, 0) is 4.74 Å². The monoisotopic (exact) mass is 241 g/mol. The van der Waals surface area contributed by atoms with Gasteiger partial charge in [-0.3, -0.25) is 0 Å². The Morgan fingerprint density at radius 3 is 2.12 bits per heavy atom. The third-order valence-electron chi connectivity index (χ3n) is 4.93. The van der Waals surface area contributed by atoms with E-state index in [1.807, 2.05) is 0 Å². The molecule has 2 nitrogen and oxygen atoms in total. The van der Waals surface area contributed by atoms with Crippen LogP contribution in [0.15, 0.2) is 0 Å². The van der Waals surface area contributed by atoms with Gasteiger partial charge in [0.2, 0.25) is 0 Å². The number of nitrogens with one attached hydrogen (secondary N) is 1. The first kappa shape index (κ1) is 15.0. The van der Waals surface area contributed by atoms with Crippen molar-refractivity contribution in [2.75, 3.05) is 26.3 Å². The third kappa shape index (κ3) is 3.69. The molecule has 0 unspecified atom stereocenters. The average Bonchev–Trinajstić information content (AvgIpc) is 2.57. The van der Waals surface area contributed by atoms with E-state index in [0.717, 1.165) is 38.1 Å². The predicted molar refractivity (Wildman–Crippen MR) is 74.2 cm³/mol. The van der Waals surface area contributed by atoms with Crippen LogP contribution in [0.1, 0.15) is 48.0 Å². The summed E-state index contributed by atoms with van der Waals surface area (Å²) in [5.41, 5.74) is 0.997. The van der Waals surface area contributed by atoms with E-state index in [-0.39, 0.29) is 0 Å². The lowest BCUT2D eigenvalue weighted by molar-refractivity contribution is 0.125. The number of hydrogen-bond donors (Lipinski definition) is 1. The molecule has 2 heteroatoms. The van der Waals surface area contributed by atoms with Crippen molar-refractivity contribution in [3.05, 3.63) is 0 Å². The van der Waals surface area contributed by atoms with Crippen molar-refractivity contribution >= 4 is 0 Å². The lowest BCUT2D eigenvalue weighted by Crippen LogP contribution is -2.24. The lowest BCUT2D eigenvalue weighted by Gasteiger charge is -2.08. The van der Waals surface area contributed by atoms with Gasteiger partial charge in [0.1, 0.15) is 0 Å². The zero-order valence-electron chi connectivity index (χ0n) is 12.6. The van der Waals surface area contributed by atoms with Crippen LogP contribution in [0.5, 0.6) is 0 Å². The molecule has 0 radical (unpaired) electrons. The predicted octanol–water partition coefficient (Wildman–Crippen LogP) is 3.32. The van der Waals surface area contributed by atoms with Gasteiger partial charge in [-0.15, -0.1) is 0 Å². The van der Waals surface area contributed by atoms with Crippen LogP contribution in [0.4, 0.5) is 0 Å². The molecule has 0 spiro atoms. The van der Waals surface area contributed by atoms with Gasteiger partial charge in [0.05, 0.1) is 6.61 Å². The second kappa shape index (κ2) is 5.71. The first-order valence-electron chi connectivity index (χ1n) is 7.08. The molecule has 0 aromatic carbocycles. The minimum Gasteiger partial charge on any atom is -0.380 e. The number of rotatable bonds is 8. The first-order chi connectivity index (χ1) is 7.80. The van der Waals surface area contributed by atoms with Crippen molar-refractivity contribution in [2.45, 2.75) is 48.0 Å². The summed E-state index contributed by atoms with van der Waals surface area (Å²) in [7, 11) is 0. The summed E-state index contributed by atoms with van der Waals surface area (Å²) in [6, 6.07) is 0. The summed E-state index contributed by atoms with van der Waals surface area (Å²) in [4.78, 5) is 0. The zero-order chi connectivity index (χ0) is 13.1. The van der Waals surface area contributed by atoms with Crippen LogP contribution >= 0.6 is 0 Å². The summed E-state index contributed by atoms with van der Waals surface area (Å²) < 4.78 is 5.59. The molecule has 0 aromatic heterocycles. The molecular weight excluding hydrogens is 210 g/mol. The van der Waals surface area contributed by atoms with E-state index in [1.165, 1.54) is 6.42 Å². The van der Waals surface area contributed by atoms with Gasteiger partial charge >= 0.3 is 0 Å². The molecule has 102 valence electrons. The molecule has 17 heavy (non-hydrogen) atoms. The molecule has 0 aliphatic heterocycles. The van der Waals surface area contributed by atoms with Gasteiger partial charge in [-0.2, -0.15) is 0 Å². The van der Waals surface area contributed by atoms with E-state index in [0.29, 0.717) is 10.8 Å². The van der Waals surface area contributed by atoms with Gasteiger partial charge in [0.25, 0.3) is 0 Å². The van der Waals surface area contributed by atoms with E-state index < -0.39 is 0 Å². The van der Waals surface area contributed by atoms with Crippen molar-refractivity contribution < 1.29 is 4.74 Å². The largest absolute Gasteiger partial charge is 0.380 e. The second-order valence-corrected chi connectivity index (χ2v) is 6.99. The summed E-state index contributed by atoms with van der Waals surface area (Å²) in [6.07, 6.45) is 1.17. The highest BCUT2D eigenvalue weighted by atomic mass is 16.5. The maximum absolute atomic E-state index is 5.59. The van der Waals surface area contributed by atoms with E-state index in [1.54, 1.807) is 0 Å². The highest BCUT2D eigenvalue weighted by Gasteiger charge is 2.63. The van der Waals surface area contributed by atoms with Crippen molar-refractivity contribution in [1.29, 1.82) is 0 Å². The Kier molecular flexibility index (Phi) is 5.03. The summed E-state index contributed by atoms with van der Waals surface area (Å²) >= 11 is 0. The topological polar surface area (TPSA) is 21.3 Å². The molecule has 1 saturated carbocycles. The van der Waals surface area contributed by atoms with Gasteiger partial charge in [0, 0.05) is 13.2 Å². The molecule has 0 heterocycles. The molecule has 1 aliphatic rings. The zero-order valence-corrected chi connectivity index (χ0v) is 12.6. The maximum atomic E-state index is 5.59. The van der Waals surface area contributed by atoms with Crippen LogP contribution in [0.3, 0.4) is 0 Å². The molecule has 0 aromatic rings. The molecule has 0 atom stereocenters. The number of ether oxygens (including phenoxy) is 1. The Morgan fingerprint density at radius 2 is 1.65 bits per heavy atom. The van der Waals surface area contributed by atoms with Gasteiger partial charge < -0.3 is 10.1 Å². The number of hydrogen-bond acceptors (Lipinski definition) is 2. The molecule has 0 amide bonds. The van der Waals surface area contributed by atoms with Crippen LogP contribution in [0.25, 0.3) is 0 Å². The summed E-state index contributed by atoms with van der Waals surface area (Å²) in [6.45, 7) is 17.8. The van der Waals surface area contributed by atoms with Gasteiger partial charge in [0.15, 0.2) is 0 Å². The Labute approximate surface area is 108 Å². The van der Waals surface area contributed by atoms with Crippen molar-refractivity contribution in [3.8, 4) is 0 Å². The summed E-state index contributed by atoms with van der Waals surface area (Å²) in [5.74, 6) is 1.56. The molecule has 0 bridgehead atoms. The lowest BCUT2D eigenvalue weighted by atomic mass is 10.0. The molecule has 1 rings (SSSR count). The molecule has 1 aliphatic carbocycles. The SMILES string of the molecule is CC(C)CCOCCNCC1C(C)(C)C1(C)C. The fraction of sp³-hybridized carbons (Fsp3) is 1.00. The van der Waals surface area contributed by atoms with Crippen LogP contribution in [0, 0.1) is 22.7 Å². The van der Waals surface area contributed by atoms with Gasteiger partial charge in [-0.1, -0.05) is 41.5 Å². The molecule has 1 fully saturated rings. The molecule has 1 N–H and O–H groups in total. The van der Waals surface area contributed by atoms with Crippen molar-refractivity contribution in [3.63, 3.8) is 0 Å². The van der Waals surface area contributed by atoms with Crippen molar-refractivity contribution in [1.82, 2.24) is 5.32 Å². The Balaban J connectivity index is 1.96.